The Kier molecular flexibility index (Phi) is 2.14. The van der Waals surface area contributed by atoms with Gasteiger partial charge in [0.2, 0.25) is 0 Å². The molecule has 1 fully saturated rings. The van der Waals surface area contributed by atoms with Crippen molar-refractivity contribution >= 4 is 5.78 Å². The predicted octanol–water partition coefficient (Wildman–Crippen LogP) is 2.74. The lowest BCUT2D eigenvalue weighted by atomic mass is 9.93. The molecular weight excluding hydrogens is 179 g/mol. The average Bonchev–Trinajstić information content (AvgIpc) is 2.85. The summed E-state index contributed by atoms with van der Waals surface area (Å²) in [5.41, 5.74) is 0.769. The summed E-state index contributed by atoms with van der Waals surface area (Å²) in [6.07, 6.45) is 2.61. The number of hydrogen-bond donors (Lipinski definition) is 0. The van der Waals surface area contributed by atoms with Gasteiger partial charge >= 0.3 is 0 Å². The second-order valence-corrected chi connectivity index (χ2v) is 4.14. The third-order valence-electron chi connectivity index (χ3n) is 3.03. The molecule has 0 heterocycles. The van der Waals surface area contributed by atoms with E-state index in [4.69, 9.17) is 0 Å². The van der Waals surface area contributed by atoms with E-state index in [1.165, 1.54) is 12.1 Å². The molecule has 0 saturated heterocycles. The molecule has 1 aliphatic rings. The minimum Gasteiger partial charge on any atom is -0.299 e. The number of Topliss-reactive ketones (excluding diaryl/α,β-unsaturated/α-hetero) is 1. The van der Waals surface area contributed by atoms with Gasteiger partial charge in [-0.05, 0) is 43.9 Å². The van der Waals surface area contributed by atoms with Crippen LogP contribution in [0.2, 0.25) is 0 Å². The largest absolute Gasteiger partial charge is 0.299 e. The quantitative estimate of drug-likeness (QED) is 0.719. The number of hydrogen-bond acceptors (Lipinski definition) is 1. The molecule has 0 unspecified atom stereocenters. The summed E-state index contributed by atoms with van der Waals surface area (Å²) >= 11 is 0. The maximum absolute atomic E-state index is 12.9. The van der Waals surface area contributed by atoms with Crippen molar-refractivity contribution in [1.82, 2.24) is 0 Å². The molecule has 2 rings (SSSR count). The van der Waals surface area contributed by atoms with Gasteiger partial charge in [-0.1, -0.05) is 12.1 Å². The molecule has 0 spiro atoms. The van der Waals surface area contributed by atoms with Crippen LogP contribution in [0.1, 0.15) is 25.3 Å². The molecule has 0 aromatic heterocycles. The van der Waals surface area contributed by atoms with Gasteiger partial charge in [0, 0.05) is 5.41 Å². The minimum absolute atomic E-state index is 0.159. The van der Waals surface area contributed by atoms with Gasteiger partial charge in [-0.25, -0.2) is 4.39 Å². The maximum atomic E-state index is 12.9. The van der Waals surface area contributed by atoms with Crippen molar-refractivity contribution in [3.8, 4) is 0 Å². The first-order chi connectivity index (χ1) is 6.62. The second kappa shape index (κ2) is 3.19. The lowest BCUT2D eigenvalue weighted by molar-refractivity contribution is -0.121. The smallest absolute Gasteiger partial charge is 0.136 e. The molecule has 1 aromatic rings. The van der Waals surface area contributed by atoms with Crippen LogP contribution in [0, 0.1) is 11.2 Å². The molecule has 1 aliphatic carbocycles. The highest BCUT2D eigenvalue weighted by molar-refractivity contribution is 5.85. The molecule has 1 saturated carbocycles. The van der Waals surface area contributed by atoms with Crippen LogP contribution in [-0.2, 0) is 11.2 Å². The highest BCUT2D eigenvalue weighted by Crippen LogP contribution is 2.49. The first kappa shape index (κ1) is 9.38. The van der Waals surface area contributed by atoms with Gasteiger partial charge in [-0.2, -0.15) is 0 Å². The molecule has 0 atom stereocenters. The van der Waals surface area contributed by atoms with Gasteiger partial charge in [0.15, 0.2) is 0 Å². The van der Waals surface area contributed by atoms with E-state index >= 15 is 0 Å². The summed E-state index contributed by atoms with van der Waals surface area (Å²) in [7, 11) is 0. The van der Waals surface area contributed by atoms with E-state index in [1.54, 1.807) is 13.0 Å². The van der Waals surface area contributed by atoms with Gasteiger partial charge in [0.05, 0.1) is 0 Å². The number of benzene rings is 1. The Morgan fingerprint density at radius 1 is 1.50 bits per heavy atom. The fourth-order valence-electron chi connectivity index (χ4n) is 1.84. The van der Waals surface area contributed by atoms with Crippen LogP contribution in [0.4, 0.5) is 4.39 Å². The molecule has 74 valence electrons. The van der Waals surface area contributed by atoms with E-state index in [0.717, 1.165) is 18.4 Å². The number of rotatable bonds is 3. The van der Waals surface area contributed by atoms with Crippen LogP contribution < -0.4 is 0 Å². The van der Waals surface area contributed by atoms with Crippen LogP contribution in [0.25, 0.3) is 0 Å². The van der Waals surface area contributed by atoms with E-state index in [-0.39, 0.29) is 17.0 Å². The van der Waals surface area contributed by atoms with Gasteiger partial charge in [-0.3, -0.25) is 4.79 Å². The predicted molar refractivity (Wildman–Crippen MR) is 52.5 cm³/mol. The van der Waals surface area contributed by atoms with Crippen molar-refractivity contribution in [3.05, 3.63) is 35.6 Å². The highest BCUT2D eigenvalue weighted by atomic mass is 19.1. The van der Waals surface area contributed by atoms with Gasteiger partial charge in [0.25, 0.3) is 0 Å². The summed E-state index contributed by atoms with van der Waals surface area (Å²) in [4.78, 5) is 11.3. The lowest BCUT2D eigenvalue weighted by Gasteiger charge is -2.10. The van der Waals surface area contributed by atoms with Crippen LogP contribution in [0.5, 0.6) is 0 Å². The third-order valence-corrected chi connectivity index (χ3v) is 3.03. The first-order valence-electron chi connectivity index (χ1n) is 4.88. The zero-order valence-electron chi connectivity index (χ0n) is 8.22. The minimum atomic E-state index is -0.221. The van der Waals surface area contributed by atoms with Crippen LogP contribution in [-0.4, -0.2) is 5.78 Å². The zero-order valence-corrected chi connectivity index (χ0v) is 8.22. The molecule has 14 heavy (non-hydrogen) atoms. The van der Waals surface area contributed by atoms with Crippen LogP contribution >= 0.6 is 0 Å². The van der Waals surface area contributed by atoms with Crippen LogP contribution in [0.15, 0.2) is 24.3 Å². The molecule has 0 bridgehead atoms. The normalized spacial score (nSPS) is 17.9. The Bertz CT molecular complexity index is 366. The Hall–Kier alpha value is -1.18. The Balaban J connectivity index is 2.15. The fourth-order valence-corrected chi connectivity index (χ4v) is 1.84. The molecule has 0 amide bonds. The van der Waals surface area contributed by atoms with Gasteiger partial charge in [-0.15, -0.1) is 0 Å². The molecular formula is C12H13FO. The molecule has 0 radical (unpaired) electrons. The van der Waals surface area contributed by atoms with E-state index in [0.29, 0.717) is 6.42 Å². The monoisotopic (exact) mass is 192 g/mol. The van der Waals surface area contributed by atoms with Gasteiger partial charge in [0.1, 0.15) is 11.6 Å². The zero-order chi connectivity index (χ0) is 10.2. The van der Waals surface area contributed by atoms with Crippen molar-refractivity contribution in [3.63, 3.8) is 0 Å². The number of halogens is 1. The van der Waals surface area contributed by atoms with Gasteiger partial charge < -0.3 is 0 Å². The van der Waals surface area contributed by atoms with E-state index in [9.17, 15) is 9.18 Å². The number of carbonyl (C=O) groups excluding carboxylic acids is 1. The summed E-state index contributed by atoms with van der Waals surface area (Å²) in [6.45, 7) is 1.63. The maximum Gasteiger partial charge on any atom is 0.136 e. The molecule has 2 heteroatoms. The molecule has 0 aliphatic heterocycles. The molecule has 1 aromatic carbocycles. The topological polar surface area (TPSA) is 17.1 Å². The summed E-state index contributed by atoms with van der Waals surface area (Å²) in [6, 6.07) is 6.52. The van der Waals surface area contributed by atoms with Crippen molar-refractivity contribution < 1.29 is 9.18 Å². The average molecular weight is 192 g/mol. The van der Waals surface area contributed by atoms with E-state index in [2.05, 4.69) is 0 Å². The van der Waals surface area contributed by atoms with Crippen LogP contribution in [0.3, 0.4) is 0 Å². The number of carbonyl (C=O) groups is 1. The Labute approximate surface area is 82.9 Å². The van der Waals surface area contributed by atoms with E-state index in [1.807, 2.05) is 6.07 Å². The number of ketones is 1. The Morgan fingerprint density at radius 3 is 2.71 bits per heavy atom. The van der Waals surface area contributed by atoms with E-state index < -0.39 is 0 Å². The van der Waals surface area contributed by atoms with Crippen molar-refractivity contribution in [2.45, 2.75) is 26.2 Å². The summed E-state index contributed by atoms with van der Waals surface area (Å²) < 4.78 is 12.9. The van der Waals surface area contributed by atoms with Crippen molar-refractivity contribution in [2.75, 3.05) is 0 Å². The first-order valence-corrected chi connectivity index (χ1v) is 4.88. The fraction of sp³-hybridized carbons (Fsp3) is 0.417. The second-order valence-electron chi connectivity index (χ2n) is 4.14. The Morgan fingerprint density at radius 2 is 2.21 bits per heavy atom. The highest BCUT2D eigenvalue weighted by Gasteiger charge is 2.46. The third kappa shape index (κ3) is 1.69. The molecule has 0 N–H and O–H groups in total. The van der Waals surface area contributed by atoms with Crippen molar-refractivity contribution in [1.29, 1.82) is 0 Å². The standard InChI is InChI=1S/C12H13FO/c1-9(14)12(5-6-12)8-10-3-2-4-11(13)7-10/h2-4,7H,5-6,8H2,1H3. The SMILES string of the molecule is CC(=O)C1(Cc2cccc(F)c2)CC1. The molecule has 1 nitrogen and oxygen atoms in total. The lowest BCUT2D eigenvalue weighted by Crippen LogP contribution is -2.14. The summed E-state index contributed by atoms with van der Waals surface area (Å²) in [5.74, 6) is 0.0172. The van der Waals surface area contributed by atoms with Crippen molar-refractivity contribution in [2.24, 2.45) is 5.41 Å². The summed E-state index contributed by atoms with van der Waals surface area (Å²) in [5, 5.41) is 0.